The zero-order chi connectivity index (χ0) is 15.6. The highest BCUT2D eigenvalue weighted by Crippen LogP contribution is 2.35. The molecule has 0 bridgehead atoms. The van der Waals surface area contributed by atoms with Crippen LogP contribution >= 0.6 is 11.6 Å². The Hall–Kier alpha value is -2.28. The summed E-state index contributed by atoms with van der Waals surface area (Å²) in [6, 6.07) is 4.53. The highest BCUT2D eigenvalue weighted by molar-refractivity contribution is 6.30. The van der Waals surface area contributed by atoms with Crippen LogP contribution < -0.4 is 4.74 Å². The summed E-state index contributed by atoms with van der Waals surface area (Å²) in [5.41, 5.74) is 0.259. The minimum absolute atomic E-state index is 0.0288. The Labute approximate surface area is 125 Å². The number of rotatable bonds is 3. The molecule has 1 unspecified atom stereocenters. The van der Waals surface area contributed by atoms with E-state index in [0.717, 1.165) is 0 Å². The van der Waals surface area contributed by atoms with Crippen LogP contribution in [0.5, 0.6) is 5.75 Å². The van der Waals surface area contributed by atoms with Crippen molar-refractivity contribution >= 4 is 29.7 Å². The molecule has 8 heteroatoms. The lowest BCUT2D eigenvalue weighted by Gasteiger charge is -2.12. The SMILES string of the molecule is CCOC(=O)N1C(=O)OC(c2cc(Cl)ccc2OC)C1=O. The molecule has 21 heavy (non-hydrogen) atoms. The van der Waals surface area contributed by atoms with Gasteiger partial charge in [0.1, 0.15) is 5.75 Å². The van der Waals surface area contributed by atoms with E-state index in [2.05, 4.69) is 4.74 Å². The van der Waals surface area contributed by atoms with Gasteiger partial charge in [0, 0.05) is 10.6 Å². The van der Waals surface area contributed by atoms with Crippen molar-refractivity contribution in [3.05, 3.63) is 28.8 Å². The monoisotopic (exact) mass is 313 g/mol. The van der Waals surface area contributed by atoms with Crippen molar-refractivity contribution in [1.29, 1.82) is 0 Å². The summed E-state index contributed by atoms with van der Waals surface area (Å²) in [6.07, 6.45) is -3.46. The second-order valence-electron chi connectivity index (χ2n) is 4.02. The molecule has 2 rings (SSSR count). The van der Waals surface area contributed by atoms with Crippen LogP contribution in [0.15, 0.2) is 18.2 Å². The van der Waals surface area contributed by atoms with Crippen molar-refractivity contribution in [2.24, 2.45) is 0 Å². The number of methoxy groups -OCH3 is 1. The number of halogens is 1. The molecular weight excluding hydrogens is 302 g/mol. The van der Waals surface area contributed by atoms with E-state index < -0.39 is 24.2 Å². The number of benzene rings is 1. The van der Waals surface area contributed by atoms with Gasteiger partial charge in [0.2, 0.25) is 6.10 Å². The van der Waals surface area contributed by atoms with Crippen LogP contribution in [0.25, 0.3) is 0 Å². The zero-order valence-electron chi connectivity index (χ0n) is 11.3. The summed E-state index contributed by atoms with van der Waals surface area (Å²) in [6.45, 7) is 1.59. The minimum Gasteiger partial charge on any atom is -0.496 e. The van der Waals surface area contributed by atoms with Crippen LogP contribution in [0.1, 0.15) is 18.6 Å². The fourth-order valence-electron chi connectivity index (χ4n) is 1.87. The Bertz CT molecular complexity index is 602. The first kappa shape index (κ1) is 15.1. The molecule has 1 fully saturated rings. The fraction of sp³-hybridized carbons (Fsp3) is 0.308. The molecule has 1 aromatic carbocycles. The van der Waals surface area contributed by atoms with Crippen molar-refractivity contribution in [3.63, 3.8) is 0 Å². The van der Waals surface area contributed by atoms with Crippen molar-refractivity contribution in [2.75, 3.05) is 13.7 Å². The fourth-order valence-corrected chi connectivity index (χ4v) is 2.05. The van der Waals surface area contributed by atoms with Gasteiger partial charge in [-0.25, -0.2) is 9.59 Å². The first-order chi connectivity index (χ1) is 9.99. The van der Waals surface area contributed by atoms with Crippen molar-refractivity contribution < 1.29 is 28.6 Å². The smallest absolute Gasteiger partial charge is 0.427 e. The number of nitrogens with zero attached hydrogens (tertiary/aromatic N) is 1. The predicted octanol–water partition coefficient (Wildman–Crippen LogP) is 2.53. The lowest BCUT2D eigenvalue weighted by molar-refractivity contribution is -0.128. The van der Waals surface area contributed by atoms with Crippen LogP contribution in [0, 0.1) is 0 Å². The van der Waals surface area contributed by atoms with Crippen LogP contribution in [0.3, 0.4) is 0 Å². The summed E-state index contributed by atoms with van der Waals surface area (Å²) >= 11 is 5.87. The van der Waals surface area contributed by atoms with Gasteiger partial charge in [-0.1, -0.05) is 11.6 Å². The quantitative estimate of drug-likeness (QED) is 0.852. The van der Waals surface area contributed by atoms with E-state index in [1.807, 2.05) is 0 Å². The van der Waals surface area contributed by atoms with Gasteiger partial charge in [-0.15, -0.1) is 4.90 Å². The third-order valence-corrected chi connectivity index (χ3v) is 3.01. The molecule has 3 amide bonds. The minimum atomic E-state index is -1.30. The highest BCUT2D eigenvalue weighted by atomic mass is 35.5. The summed E-state index contributed by atoms with van der Waals surface area (Å²) < 4.78 is 14.7. The molecule has 0 spiro atoms. The molecule has 0 radical (unpaired) electrons. The maximum Gasteiger partial charge on any atom is 0.427 e. The van der Waals surface area contributed by atoms with Gasteiger partial charge in [-0.2, -0.15) is 0 Å². The number of hydrogen-bond donors (Lipinski definition) is 0. The molecule has 1 aromatic rings. The summed E-state index contributed by atoms with van der Waals surface area (Å²) in [5.74, 6) is -0.532. The number of carbonyl (C=O) groups is 3. The first-order valence-electron chi connectivity index (χ1n) is 6.04. The van der Waals surface area contributed by atoms with Gasteiger partial charge in [-0.3, -0.25) is 4.79 Å². The van der Waals surface area contributed by atoms with Gasteiger partial charge in [0.05, 0.1) is 13.7 Å². The Morgan fingerprint density at radius 2 is 2.14 bits per heavy atom. The molecule has 0 aliphatic carbocycles. The Kier molecular flexibility index (Phi) is 4.32. The lowest BCUT2D eigenvalue weighted by atomic mass is 10.1. The highest BCUT2D eigenvalue weighted by Gasteiger charge is 2.47. The van der Waals surface area contributed by atoms with E-state index in [-0.39, 0.29) is 12.2 Å². The molecule has 7 nitrogen and oxygen atoms in total. The average Bonchev–Trinajstić information content (AvgIpc) is 2.74. The van der Waals surface area contributed by atoms with Crippen LogP contribution in [-0.2, 0) is 14.3 Å². The van der Waals surface area contributed by atoms with Gasteiger partial charge >= 0.3 is 12.2 Å². The van der Waals surface area contributed by atoms with Crippen LogP contribution in [0.4, 0.5) is 9.59 Å². The average molecular weight is 314 g/mol. The molecule has 1 heterocycles. The summed E-state index contributed by atoms with van der Waals surface area (Å²) in [5, 5.41) is 0.337. The standard InChI is InChI=1S/C13H12ClNO6/c1-3-20-12(17)15-11(16)10(21-13(15)18)8-6-7(14)4-5-9(8)19-2/h4-6,10H,3H2,1-2H3. The second kappa shape index (κ2) is 6.01. The van der Waals surface area contributed by atoms with Gasteiger partial charge in [0.15, 0.2) is 0 Å². The number of amides is 3. The predicted molar refractivity (Wildman–Crippen MR) is 71.1 cm³/mol. The largest absolute Gasteiger partial charge is 0.496 e. The number of cyclic esters (lactones) is 1. The van der Waals surface area contributed by atoms with Crippen molar-refractivity contribution in [3.8, 4) is 5.75 Å². The van der Waals surface area contributed by atoms with Crippen LogP contribution in [-0.4, -0.2) is 36.7 Å². The zero-order valence-corrected chi connectivity index (χ0v) is 12.0. The third kappa shape index (κ3) is 2.78. The Morgan fingerprint density at radius 3 is 2.76 bits per heavy atom. The number of carbonyl (C=O) groups excluding carboxylic acids is 3. The molecule has 112 valence electrons. The Balaban J connectivity index is 2.35. The number of imide groups is 3. The summed E-state index contributed by atoms with van der Waals surface area (Å²) in [7, 11) is 1.40. The maximum absolute atomic E-state index is 12.2. The second-order valence-corrected chi connectivity index (χ2v) is 4.46. The van der Waals surface area contributed by atoms with E-state index in [9.17, 15) is 14.4 Å². The number of hydrogen-bond acceptors (Lipinski definition) is 6. The van der Waals surface area contributed by atoms with Gasteiger partial charge < -0.3 is 14.2 Å². The number of ether oxygens (including phenoxy) is 3. The van der Waals surface area contributed by atoms with E-state index >= 15 is 0 Å². The van der Waals surface area contributed by atoms with Crippen molar-refractivity contribution in [1.82, 2.24) is 4.90 Å². The molecule has 0 N–H and O–H groups in total. The summed E-state index contributed by atoms with van der Waals surface area (Å²) in [4.78, 5) is 35.8. The third-order valence-electron chi connectivity index (χ3n) is 2.77. The molecule has 1 aliphatic rings. The van der Waals surface area contributed by atoms with Crippen LogP contribution in [0.2, 0.25) is 5.02 Å². The van der Waals surface area contributed by atoms with E-state index in [1.54, 1.807) is 13.0 Å². The topological polar surface area (TPSA) is 82.1 Å². The van der Waals surface area contributed by atoms with Crippen molar-refractivity contribution in [2.45, 2.75) is 13.0 Å². The molecule has 0 saturated carbocycles. The molecule has 0 aromatic heterocycles. The lowest BCUT2D eigenvalue weighted by Crippen LogP contribution is -2.36. The normalized spacial score (nSPS) is 17.7. The van der Waals surface area contributed by atoms with Gasteiger partial charge in [0.25, 0.3) is 5.91 Å². The molecule has 1 atom stereocenters. The first-order valence-corrected chi connectivity index (χ1v) is 6.42. The van der Waals surface area contributed by atoms with E-state index in [4.69, 9.17) is 21.1 Å². The molecule has 1 saturated heterocycles. The van der Waals surface area contributed by atoms with E-state index in [1.165, 1.54) is 19.2 Å². The maximum atomic E-state index is 12.2. The molecular formula is C13H12ClNO6. The Morgan fingerprint density at radius 1 is 1.43 bits per heavy atom. The molecule has 1 aliphatic heterocycles. The van der Waals surface area contributed by atoms with Gasteiger partial charge in [-0.05, 0) is 25.1 Å². The van der Waals surface area contributed by atoms with E-state index in [0.29, 0.717) is 15.7 Å².